The molecule has 0 saturated heterocycles. The Kier molecular flexibility index (Phi) is 2.35. The van der Waals surface area contributed by atoms with E-state index in [4.69, 9.17) is 0 Å². The summed E-state index contributed by atoms with van der Waals surface area (Å²) in [4.78, 5) is 13.3. The topological polar surface area (TPSA) is 68.3 Å². The number of aromatic nitrogens is 2. The van der Waals surface area contributed by atoms with Gasteiger partial charge in [-0.2, -0.15) is 0 Å². The number of halogens is 1. The SMILES string of the molecule is O=C=Nc1nonc1-c1ccccc1F. The maximum Gasteiger partial charge on any atom is 0.242 e. The van der Waals surface area contributed by atoms with Gasteiger partial charge in [-0.15, -0.1) is 4.99 Å². The fourth-order valence-electron chi connectivity index (χ4n) is 1.12. The summed E-state index contributed by atoms with van der Waals surface area (Å²) in [7, 11) is 0. The molecular formula is C9H4FN3O2. The Labute approximate surface area is 83.2 Å². The normalized spacial score (nSPS) is 9.67. The smallest absolute Gasteiger partial charge is 0.242 e. The predicted molar refractivity (Wildman–Crippen MR) is 47.5 cm³/mol. The van der Waals surface area contributed by atoms with E-state index < -0.39 is 5.82 Å². The van der Waals surface area contributed by atoms with Crippen molar-refractivity contribution in [3.63, 3.8) is 0 Å². The summed E-state index contributed by atoms with van der Waals surface area (Å²) in [5.74, 6) is -0.578. The van der Waals surface area contributed by atoms with E-state index in [1.54, 1.807) is 6.07 Å². The zero-order chi connectivity index (χ0) is 10.7. The summed E-state index contributed by atoms with van der Waals surface area (Å²) in [6.07, 6.45) is 1.29. The van der Waals surface area contributed by atoms with Crippen LogP contribution in [0.3, 0.4) is 0 Å². The van der Waals surface area contributed by atoms with Gasteiger partial charge in [-0.3, -0.25) is 0 Å². The van der Waals surface area contributed by atoms with E-state index in [2.05, 4.69) is 19.9 Å². The third-order valence-corrected chi connectivity index (χ3v) is 1.75. The zero-order valence-corrected chi connectivity index (χ0v) is 7.35. The van der Waals surface area contributed by atoms with Gasteiger partial charge in [-0.1, -0.05) is 12.1 Å². The van der Waals surface area contributed by atoms with E-state index >= 15 is 0 Å². The molecule has 6 heteroatoms. The number of carbonyl (C=O) groups excluding carboxylic acids is 1. The fourth-order valence-corrected chi connectivity index (χ4v) is 1.12. The summed E-state index contributed by atoms with van der Waals surface area (Å²) in [5.41, 5.74) is 0.254. The summed E-state index contributed by atoms with van der Waals surface area (Å²) in [5, 5.41) is 6.81. The van der Waals surface area contributed by atoms with Crippen molar-refractivity contribution in [3.8, 4) is 11.3 Å². The Bertz CT molecular complexity index is 532. The molecule has 0 spiro atoms. The number of hydrogen-bond acceptors (Lipinski definition) is 5. The van der Waals surface area contributed by atoms with Gasteiger partial charge in [0.15, 0.2) is 5.69 Å². The van der Waals surface area contributed by atoms with Crippen molar-refractivity contribution >= 4 is 11.9 Å². The second-order valence-electron chi connectivity index (χ2n) is 2.62. The quantitative estimate of drug-likeness (QED) is 0.554. The molecule has 1 heterocycles. The highest BCUT2D eigenvalue weighted by atomic mass is 19.1. The molecule has 1 aromatic heterocycles. The lowest BCUT2D eigenvalue weighted by molar-refractivity contribution is 0.309. The molecule has 0 saturated carbocycles. The molecule has 0 unspecified atom stereocenters. The third kappa shape index (κ3) is 1.66. The van der Waals surface area contributed by atoms with Crippen molar-refractivity contribution in [2.45, 2.75) is 0 Å². The Balaban J connectivity index is 2.59. The van der Waals surface area contributed by atoms with Gasteiger partial charge in [0, 0.05) is 5.56 Å². The van der Waals surface area contributed by atoms with Crippen molar-refractivity contribution in [2.75, 3.05) is 0 Å². The van der Waals surface area contributed by atoms with Gasteiger partial charge in [0.05, 0.1) is 0 Å². The van der Waals surface area contributed by atoms with Crippen LogP contribution in [0.4, 0.5) is 10.2 Å². The van der Waals surface area contributed by atoms with Gasteiger partial charge < -0.3 is 0 Å². The maximum atomic E-state index is 13.3. The first kappa shape index (κ1) is 9.23. The van der Waals surface area contributed by atoms with Crippen molar-refractivity contribution in [3.05, 3.63) is 30.1 Å². The molecule has 2 rings (SSSR count). The first-order chi connectivity index (χ1) is 7.33. The molecule has 0 radical (unpaired) electrons. The average Bonchev–Trinajstić information content (AvgIpc) is 2.67. The number of nitrogens with zero attached hydrogens (tertiary/aromatic N) is 3. The first-order valence-corrected chi connectivity index (χ1v) is 3.98. The minimum atomic E-state index is -0.490. The zero-order valence-electron chi connectivity index (χ0n) is 7.35. The lowest BCUT2D eigenvalue weighted by atomic mass is 10.1. The Hall–Kier alpha value is -2.33. The number of rotatable bonds is 2. The average molecular weight is 205 g/mol. The molecule has 5 nitrogen and oxygen atoms in total. The Morgan fingerprint density at radius 3 is 2.87 bits per heavy atom. The Morgan fingerprint density at radius 2 is 2.13 bits per heavy atom. The van der Waals surface area contributed by atoms with Gasteiger partial charge in [0.1, 0.15) is 5.82 Å². The lowest BCUT2D eigenvalue weighted by Gasteiger charge is -1.96. The highest BCUT2D eigenvalue weighted by molar-refractivity contribution is 5.70. The van der Waals surface area contributed by atoms with Crippen LogP contribution in [0.2, 0.25) is 0 Å². The number of hydrogen-bond donors (Lipinski definition) is 0. The highest BCUT2D eigenvalue weighted by Gasteiger charge is 2.14. The van der Waals surface area contributed by atoms with Gasteiger partial charge in [-0.25, -0.2) is 13.8 Å². The van der Waals surface area contributed by atoms with E-state index in [1.807, 2.05) is 0 Å². The summed E-state index contributed by atoms with van der Waals surface area (Å²) in [6, 6.07) is 5.91. The molecule has 1 aromatic carbocycles. The lowest BCUT2D eigenvalue weighted by Crippen LogP contribution is -1.83. The van der Waals surface area contributed by atoms with Crippen LogP contribution in [-0.4, -0.2) is 16.4 Å². The van der Waals surface area contributed by atoms with Crippen LogP contribution in [0.1, 0.15) is 0 Å². The molecule has 0 bridgehead atoms. The molecule has 74 valence electrons. The summed E-state index contributed by atoms with van der Waals surface area (Å²) < 4.78 is 17.7. The van der Waals surface area contributed by atoms with Crippen molar-refractivity contribution in [1.29, 1.82) is 0 Å². The Morgan fingerprint density at radius 1 is 1.33 bits per heavy atom. The molecule has 0 N–H and O–H groups in total. The third-order valence-electron chi connectivity index (χ3n) is 1.75. The number of isocyanates is 1. The summed E-state index contributed by atoms with van der Waals surface area (Å²) >= 11 is 0. The standard InChI is InChI=1S/C9H4FN3O2/c10-7-4-2-1-3-6(7)8-9(11-5-14)13-15-12-8/h1-4H. The van der Waals surface area contributed by atoms with Crippen LogP contribution in [0, 0.1) is 5.82 Å². The van der Waals surface area contributed by atoms with E-state index in [0.717, 1.165) is 0 Å². The summed E-state index contributed by atoms with van der Waals surface area (Å²) in [6.45, 7) is 0. The van der Waals surface area contributed by atoms with Crippen LogP contribution in [0.25, 0.3) is 11.3 Å². The van der Waals surface area contributed by atoms with E-state index in [0.29, 0.717) is 0 Å². The second kappa shape index (κ2) is 3.81. The molecule has 0 aliphatic carbocycles. The minimum absolute atomic E-state index is 0.0800. The molecule has 0 aliphatic heterocycles. The largest absolute Gasteiger partial charge is 0.242 e. The van der Waals surface area contributed by atoms with Crippen molar-refractivity contribution in [1.82, 2.24) is 10.3 Å². The van der Waals surface area contributed by atoms with Gasteiger partial charge in [0.2, 0.25) is 11.9 Å². The van der Waals surface area contributed by atoms with Crippen molar-refractivity contribution in [2.24, 2.45) is 4.99 Å². The number of aliphatic imine (C=N–C) groups is 1. The van der Waals surface area contributed by atoms with Crippen molar-refractivity contribution < 1.29 is 13.8 Å². The monoisotopic (exact) mass is 205 g/mol. The van der Waals surface area contributed by atoms with Crippen LogP contribution in [0.5, 0.6) is 0 Å². The molecule has 2 aromatic rings. The second-order valence-corrected chi connectivity index (χ2v) is 2.62. The fraction of sp³-hybridized carbons (Fsp3) is 0. The van der Waals surface area contributed by atoms with E-state index in [9.17, 15) is 9.18 Å². The van der Waals surface area contributed by atoms with E-state index in [1.165, 1.54) is 24.3 Å². The van der Waals surface area contributed by atoms with Crippen LogP contribution >= 0.6 is 0 Å². The molecule has 0 fully saturated rings. The van der Waals surface area contributed by atoms with Gasteiger partial charge >= 0.3 is 0 Å². The van der Waals surface area contributed by atoms with E-state index in [-0.39, 0.29) is 17.1 Å². The molecule has 15 heavy (non-hydrogen) atoms. The van der Waals surface area contributed by atoms with Crippen LogP contribution < -0.4 is 0 Å². The predicted octanol–water partition coefficient (Wildman–Crippen LogP) is 1.84. The first-order valence-electron chi connectivity index (χ1n) is 3.98. The van der Waals surface area contributed by atoms with Crippen LogP contribution in [0.15, 0.2) is 33.9 Å². The van der Waals surface area contributed by atoms with Crippen LogP contribution in [-0.2, 0) is 4.79 Å². The molecule has 0 amide bonds. The molecule has 0 atom stereocenters. The number of benzene rings is 1. The minimum Gasteiger partial charge on any atom is -0.242 e. The van der Waals surface area contributed by atoms with Gasteiger partial charge in [0.25, 0.3) is 0 Å². The molecule has 0 aliphatic rings. The maximum absolute atomic E-state index is 13.3. The highest BCUT2D eigenvalue weighted by Crippen LogP contribution is 2.27. The molecular weight excluding hydrogens is 201 g/mol. The van der Waals surface area contributed by atoms with Gasteiger partial charge in [-0.05, 0) is 22.4 Å².